The zero-order valence-corrected chi connectivity index (χ0v) is 12.7. The molecule has 0 spiro atoms. The first-order valence-corrected chi connectivity index (χ1v) is 7.22. The van der Waals surface area contributed by atoms with Crippen LogP contribution in [0.2, 0.25) is 0 Å². The van der Waals surface area contributed by atoms with Crippen LogP contribution in [0.15, 0.2) is 36.5 Å². The molecule has 0 radical (unpaired) electrons. The molecule has 22 heavy (non-hydrogen) atoms. The van der Waals surface area contributed by atoms with E-state index in [-0.39, 0.29) is 23.2 Å². The minimum absolute atomic E-state index is 0.174. The van der Waals surface area contributed by atoms with Crippen molar-refractivity contribution in [3.05, 3.63) is 48.0 Å². The maximum atomic E-state index is 13.6. The number of benzene rings is 1. The summed E-state index contributed by atoms with van der Waals surface area (Å²) in [6.45, 7) is 2.74. The molecule has 2 rings (SSSR count). The number of carbonyl (C=O) groups is 1. The van der Waals surface area contributed by atoms with E-state index in [0.717, 1.165) is 12.8 Å². The first kappa shape index (κ1) is 15.9. The molecule has 0 aliphatic heterocycles. The largest absolute Gasteiger partial charge is 0.340 e. The Bertz CT molecular complexity index is 648. The molecule has 0 saturated carbocycles. The van der Waals surface area contributed by atoms with E-state index < -0.39 is 5.82 Å². The number of aromatic nitrogens is 2. The van der Waals surface area contributed by atoms with Gasteiger partial charge in [0.2, 0.25) is 5.95 Å². The highest BCUT2D eigenvalue weighted by Gasteiger charge is 2.14. The van der Waals surface area contributed by atoms with Crippen LogP contribution in [0.5, 0.6) is 0 Å². The Morgan fingerprint density at radius 1 is 1.32 bits per heavy atom. The lowest BCUT2D eigenvalue weighted by molar-refractivity contribution is 0.0787. The molecule has 1 aromatic heterocycles. The fourth-order valence-electron chi connectivity index (χ4n) is 1.91. The number of anilines is 2. The lowest BCUT2D eigenvalue weighted by Crippen LogP contribution is -2.28. The zero-order chi connectivity index (χ0) is 15.9. The molecule has 0 aliphatic carbocycles. The van der Waals surface area contributed by atoms with E-state index in [1.165, 1.54) is 12.3 Å². The number of carbonyl (C=O) groups excluding carboxylic acids is 1. The van der Waals surface area contributed by atoms with Gasteiger partial charge in [-0.25, -0.2) is 14.4 Å². The molecule has 0 atom stereocenters. The standard InChI is InChI=1S/C16H19FN4O/c1-3-4-11-21(2)15(22)14-9-10-18-16(20-14)19-13-8-6-5-7-12(13)17/h5-10H,3-4,11H2,1-2H3,(H,18,19,20). The Morgan fingerprint density at radius 3 is 2.82 bits per heavy atom. The van der Waals surface area contributed by atoms with Gasteiger partial charge in [0.25, 0.3) is 5.91 Å². The Balaban J connectivity index is 2.13. The highest BCUT2D eigenvalue weighted by Crippen LogP contribution is 2.16. The number of nitrogens with one attached hydrogen (secondary N) is 1. The quantitative estimate of drug-likeness (QED) is 0.890. The van der Waals surface area contributed by atoms with Crippen molar-refractivity contribution >= 4 is 17.5 Å². The predicted molar refractivity (Wildman–Crippen MR) is 83.6 cm³/mol. The first-order chi connectivity index (χ1) is 10.6. The van der Waals surface area contributed by atoms with Gasteiger partial charge in [-0.05, 0) is 24.6 Å². The van der Waals surface area contributed by atoms with E-state index in [1.54, 1.807) is 36.2 Å². The lowest BCUT2D eigenvalue weighted by Gasteiger charge is -2.16. The molecule has 1 aromatic carbocycles. The van der Waals surface area contributed by atoms with Gasteiger partial charge in [0, 0.05) is 19.8 Å². The number of hydrogen-bond acceptors (Lipinski definition) is 4. The maximum absolute atomic E-state index is 13.6. The van der Waals surface area contributed by atoms with E-state index in [0.29, 0.717) is 6.54 Å². The van der Waals surface area contributed by atoms with Crippen molar-refractivity contribution in [3.63, 3.8) is 0 Å². The van der Waals surface area contributed by atoms with Crippen molar-refractivity contribution in [1.82, 2.24) is 14.9 Å². The number of unbranched alkanes of at least 4 members (excludes halogenated alkanes) is 1. The summed E-state index contributed by atoms with van der Waals surface area (Å²) in [4.78, 5) is 22.1. The van der Waals surface area contributed by atoms with Gasteiger partial charge in [-0.15, -0.1) is 0 Å². The van der Waals surface area contributed by atoms with Crippen LogP contribution in [0.1, 0.15) is 30.3 Å². The summed E-state index contributed by atoms with van der Waals surface area (Å²) in [5, 5.41) is 2.78. The minimum atomic E-state index is -0.400. The molecule has 5 nitrogen and oxygen atoms in total. The van der Waals surface area contributed by atoms with Crippen LogP contribution in [0.4, 0.5) is 16.0 Å². The highest BCUT2D eigenvalue weighted by molar-refractivity contribution is 5.92. The van der Waals surface area contributed by atoms with Crippen LogP contribution >= 0.6 is 0 Å². The smallest absolute Gasteiger partial charge is 0.272 e. The van der Waals surface area contributed by atoms with E-state index in [9.17, 15) is 9.18 Å². The van der Waals surface area contributed by atoms with Gasteiger partial charge in [0.15, 0.2) is 0 Å². The average molecular weight is 302 g/mol. The number of amides is 1. The molecule has 0 unspecified atom stereocenters. The van der Waals surface area contributed by atoms with Crippen molar-refractivity contribution in [3.8, 4) is 0 Å². The molecule has 2 aromatic rings. The molecule has 1 heterocycles. The fraction of sp³-hybridized carbons (Fsp3) is 0.312. The molecule has 116 valence electrons. The summed E-state index contributed by atoms with van der Waals surface area (Å²) in [7, 11) is 1.74. The normalized spacial score (nSPS) is 10.3. The molecule has 0 aliphatic rings. The second-order valence-electron chi connectivity index (χ2n) is 4.95. The number of halogens is 1. The van der Waals surface area contributed by atoms with Gasteiger partial charge < -0.3 is 10.2 Å². The summed E-state index contributed by atoms with van der Waals surface area (Å²) in [6.07, 6.45) is 3.44. The van der Waals surface area contributed by atoms with Crippen LogP contribution < -0.4 is 5.32 Å². The number of hydrogen-bond donors (Lipinski definition) is 1. The van der Waals surface area contributed by atoms with Crippen molar-refractivity contribution < 1.29 is 9.18 Å². The summed E-state index contributed by atoms with van der Waals surface area (Å²) in [6, 6.07) is 7.79. The SMILES string of the molecule is CCCCN(C)C(=O)c1ccnc(Nc2ccccc2F)n1. The predicted octanol–water partition coefficient (Wildman–Crippen LogP) is 3.23. The molecular weight excluding hydrogens is 283 g/mol. The Morgan fingerprint density at radius 2 is 2.09 bits per heavy atom. The van der Waals surface area contributed by atoms with Crippen LogP contribution in [0.3, 0.4) is 0 Å². The first-order valence-electron chi connectivity index (χ1n) is 7.22. The van der Waals surface area contributed by atoms with Crippen molar-refractivity contribution in [2.75, 3.05) is 18.9 Å². The lowest BCUT2D eigenvalue weighted by atomic mass is 10.3. The van der Waals surface area contributed by atoms with Crippen molar-refractivity contribution in [2.45, 2.75) is 19.8 Å². The van der Waals surface area contributed by atoms with Gasteiger partial charge in [-0.2, -0.15) is 0 Å². The van der Waals surface area contributed by atoms with E-state index in [2.05, 4.69) is 22.2 Å². The van der Waals surface area contributed by atoms with Crippen LogP contribution in [0.25, 0.3) is 0 Å². The molecule has 6 heteroatoms. The third-order valence-corrected chi connectivity index (χ3v) is 3.19. The Hall–Kier alpha value is -2.50. The van der Waals surface area contributed by atoms with E-state index in [4.69, 9.17) is 0 Å². The monoisotopic (exact) mass is 302 g/mol. The molecule has 1 amide bonds. The van der Waals surface area contributed by atoms with Crippen LogP contribution in [-0.2, 0) is 0 Å². The fourth-order valence-corrected chi connectivity index (χ4v) is 1.91. The molecule has 0 fully saturated rings. The van der Waals surface area contributed by atoms with Gasteiger partial charge in [-0.1, -0.05) is 25.5 Å². The Kier molecular flexibility index (Phi) is 5.41. The molecule has 0 saturated heterocycles. The van der Waals surface area contributed by atoms with Crippen molar-refractivity contribution in [2.24, 2.45) is 0 Å². The summed E-state index contributed by atoms with van der Waals surface area (Å²) in [5.41, 5.74) is 0.555. The van der Waals surface area contributed by atoms with Crippen LogP contribution in [0, 0.1) is 5.82 Å². The molecule has 0 bridgehead atoms. The maximum Gasteiger partial charge on any atom is 0.272 e. The number of para-hydroxylation sites is 1. The second-order valence-corrected chi connectivity index (χ2v) is 4.95. The van der Waals surface area contributed by atoms with Crippen LogP contribution in [-0.4, -0.2) is 34.4 Å². The Labute approximate surface area is 129 Å². The number of nitrogens with zero attached hydrogens (tertiary/aromatic N) is 3. The van der Waals surface area contributed by atoms with Gasteiger partial charge in [-0.3, -0.25) is 4.79 Å². The summed E-state index contributed by atoms with van der Waals surface area (Å²) >= 11 is 0. The minimum Gasteiger partial charge on any atom is -0.340 e. The second kappa shape index (κ2) is 7.49. The highest BCUT2D eigenvalue weighted by atomic mass is 19.1. The number of rotatable bonds is 6. The van der Waals surface area contributed by atoms with E-state index >= 15 is 0 Å². The zero-order valence-electron chi connectivity index (χ0n) is 12.7. The summed E-state index contributed by atoms with van der Waals surface area (Å²) < 4.78 is 13.6. The molecule has 1 N–H and O–H groups in total. The van der Waals surface area contributed by atoms with Crippen molar-refractivity contribution in [1.29, 1.82) is 0 Å². The van der Waals surface area contributed by atoms with Gasteiger partial charge >= 0.3 is 0 Å². The molecular formula is C16H19FN4O. The third-order valence-electron chi connectivity index (χ3n) is 3.19. The van der Waals surface area contributed by atoms with Gasteiger partial charge in [0.05, 0.1) is 5.69 Å². The average Bonchev–Trinajstić information content (AvgIpc) is 2.54. The van der Waals surface area contributed by atoms with E-state index in [1.807, 2.05) is 0 Å². The summed E-state index contributed by atoms with van der Waals surface area (Å²) in [5.74, 6) is -0.379. The third kappa shape index (κ3) is 4.00. The topological polar surface area (TPSA) is 58.1 Å². The van der Waals surface area contributed by atoms with Gasteiger partial charge in [0.1, 0.15) is 11.5 Å².